The molecule has 2 heterocycles. The molecule has 0 spiro atoms. The number of amides is 1. The van der Waals surface area contributed by atoms with Gasteiger partial charge in [0.1, 0.15) is 0 Å². The van der Waals surface area contributed by atoms with Crippen LogP contribution in [0.25, 0.3) is 0 Å². The van der Waals surface area contributed by atoms with Gasteiger partial charge in [-0.25, -0.2) is 0 Å². The number of carbonyl (C=O) groups is 1. The van der Waals surface area contributed by atoms with Crippen LogP contribution in [0.5, 0.6) is 0 Å². The van der Waals surface area contributed by atoms with Crippen molar-refractivity contribution >= 4 is 5.91 Å². The Morgan fingerprint density at radius 2 is 1.70 bits per heavy atom. The summed E-state index contributed by atoms with van der Waals surface area (Å²) in [5.41, 5.74) is 0.310. The topological polar surface area (TPSA) is 44.8 Å². The standard InChI is InChI=1S/C22H39N3O2/c26-21-8-7-20(9-12-24(21)17-19-5-6-19)23-18-22(10-3-1-2-4-11-22)25-13-15-27-16-14-25/h19-20,23H,1-18H2. The SMILES string of the molecule is O=C1CCC(NCC2(N3CCOCC3)CCCCCC2)CCN1CC1CC1. The van der Waals surface area contributed by atoms with E-state index in [2.05, 4.69) is 15.1 Å². The lowest BCUT2D eigenvalue weighted by atomic mass is 9.87. The second-order valence-corrected chi connectivity index (χ2v) is 9.43. The van der Waals surface area contributed by atoms with E-state index in [4.69, 9.17) is 4.74 Å². The van der Waals surface area contributed by atoms with Gasteiger partial charge < -0.3 is 15.0 Å². The van der Waals surface area contributed by atoms with E-state index in [1.807, 2.05) is 0 Å². The van der Waals surface area contributed by atoms with Gasteiger partial charge in [0.05, 0.1) is 13.2 Å². The number of carbonyl (C=O) groups excluding carboxylic acids is 1. The van der Waals surface area contributed by atoms with E-state index in [9.17, 15) is 4.79 Å². The van der Waals surface area contributed by atoms with Gasteiger partial charge in [-0.1, -0.05) is 25.7 Å². The molecule has 4 aliphatic rings. The largest absolute Gasteiger partial charge is 0.379 e. The van der Waals surface area contributed by atoms with Crippen LogP contribution < -0.4 is 5.32 Å². The third-order valence-corrected chi connectivity index (χ3v) is 7.42. The second-order valence-electron chi connectivity index (χ2n) is 9.43. The Kier molecular flexibility index (Phi) is 6.72. The van der Waals surface area contributed by atoms with E-state index in [1.54, 1.807) is 0 Å². The number of rotatable bonds is 6. The van der Waals surface area contributed by atoms with Crippen molar-refractivity contribution in [1.82, 2.24) is 15.1 Å². The van der Waals surface area contributed by atoms with E-state index in [0.29, 0.717) is 17.5 Å². The summed E-state index contributed by atoms with van der Waals surface area (Å²) in [6.07, 6.45) is 13.7. The number of ether oxygens (including phenoxy) is 1. The van der Waals surface area contributed by atoms with Crippen molar-refractivity contribution in [3.05, 3.63) is 0 Å². The molecule has 1 atom stereocenters. The van der Waals surface area contributed by atoms with Crippen molar-refractivity contribution in [3.8, 4) is 0 Å². The molecule has 1 unspecified atom stereocenters. The Morgan fingerprint density at radius 3 is 2.41 bits per heavy atom. The zero-order chi connectivity index (χ0) is 18.5. The summed E-state index contributed by atoms with van der Waals surface area (Å²) in [6.45, 7) is 7.00. The monoisotopic (exact) mass is 377 g/mol. The first-order chi connectivity index (χ1) is 13.3. The van der Waals surface area contributed by atoms with Gasteiger partial charge in [0.2, 0.25) is 5.91 Å². The molecule has 1 amide bonds. The van der Waals surface area contributed by atoms with Gasteiger partial charge in [-0.2, -0.15) is 0 Å². The van der Waals surface area contributed by atoms with Crippen molar-refractivity contribution in [2.24, 2.45) is 5.92 Å². The molecule has 1 N–H and O–H groups in total. The molecule has 2 saturated heterocycles. The molecule has 154 valence electrons. The van der Waals surface area contributed by atoms with E-state index in [-0.39, 0.29) is 0 Å². The quantitative estimate of drug-likeness (QED) is 0.723. The van der Waals surface area contributed by atoms with Gasteiger partial charge in [-0.15, -0.1) is 0 Å². The van der Waals surface area contributed by atoms with Crippen LogP contribution in [-0.4, -0.2) is 73.2 Å². The number of morpholine rings is 1. The third kappa shape index (κ3) is 5.24. The van der Waals surface area contributed by atoms with Gasteiger partial charge in [0.25, 0.3) is 0 Å². The summed E-state index contributed by atoms with van der Waals surface area (Å²) in [4.78, 5) is 17.3. The summed E-state index contributed by atoms with van der Waals surface area (Å²) in [7, 11) is 0. The number of hydrogen-bond acceptors (Lipinski definition) is 4. The number of nitrogens with zero attached hydrogens (tertiary/aromatic N) is 2. The molecule has 27 heavy (non-hydrogen) atoms. The minimum atomic E-state index is 0.310. The maximum Gasteiger partial charge on any atom is 0.222 e. The fraction of sp³-hybridized carbons (Fsp3) is 0.955. The lowest BCUT2D eigenvalue weighted by Crippen LogP contribution is -2.59. The Labute approximate surface area is 165 Å². The molecule has 0 aromatic rings. The maximum absolute atomic E-state index is 12.5. The normalized spacial score (nSPS) is 30.7. The second kappa shape index (κ2) is 9.23. The lowest BCUT2D eigenvalue weighted by Gasteiger charge is -2.46. The molecule has 0 aromatic heterocycles. The smallest absolute Gasteiger partial charge is 0.222 e. The van der Waals surface area contributed by atoms with Crippen LogP contribution >= 0.6 is 0 Å². The van der Waals surface area contributed by atoms with Gasteiger partial charge >= 0.3 is 0 Å². The zero-order valence-corrected chi connectivity index (χ0v) is 17.1. The first-order valence-corrected chi connectivity index (χ1v) is 11.6. The molecule has 0 aromatic carbocycles. The maximum atomic E-state index is 12.5. The Hall–Kier alpha value is -0.650. The molecule has 5 nitrogen and oxygen atoms in total. The average Bonchev–Trinajstić information content (AvgIpc) is 3.54. The van der Waals surface area contributed by atoms with Crippen LogP contribution in [-0.2, 0) is 9.53 Å². The lowest BCUT2D eigenvalue weighted by molar-refractivity contribution is -0.130. The van der Waals surface area contributed by atoms with Crippen molar-refractivity contribution in [2.45, 2.75) is 82.2 Å². The molecule has 0 bridgehead atoms. The van der Waals surface area contributed by atoms with Gasteiger partial charge in [-0.3, -0.25) is 9.69 Å². The molecule has 2 aliphatic carbocycles. The predicted octanol–water partition coefficient (Wildman–Crippen LogP) is 2.79. The highest BCUT2D eigenvalue weighted by Crippen LogP contribution is 2.34. The highest BCUT2D eigenvalue weighted by molar-refractivity contribution is 5.76. The molecule has 2 aliphatic heterocycles. The van der Waals surface area contributed by atoms with Crippen molar-refractivity contribution in [2.75, 3.05) is 45.9 Å². The fourth-order valence-electron chi connectivity index (χ4n) is 5.41. The Bertz CT molecular complexity index is 480. The van der Waals surface area contributed by atoms with Crippen LogP contribution in [0.2, 0.25) is 0 Å². The fourth-order valence-corrected chi connectivity index (χ4v) is 5.41. The van der Waals surface area contributed by atoms with Crippen LogP contribution in [0.4, 0.5) is 0 Å². The molecule has 5 heteroatoms. The molecular formula is C22H39N3O2. The average molecular weight is 378 g/mol. The minimum Gasteiger partial charge on any atom is -0.379 e. The van der Waals surface area contributed by atoms with Crippen LogP contribution in [0.3, 0.4) is 0 Å². The van der Waals surface area contributed by atoms with E-state index < -0.39 is 0 Å². The third-order valence-electron chi connectivity index (χ3n) is 7.42. The van der Waals surface area contributed by atoms with Crippen molar-refractivity contribution < 1.29 is 9.53 Å². The van der Waals surface area contributed by atoms with E-state index in [0.717, 1.165) is 71.1 Å². The van der Waals surface area contributed by atoms with Crippen molar-refractivity contribution in [3.63, 3.8) is 0 Å². The van der Waals surface area contributed by atoms with Crippen molar-refractivity contribution in [1.29, 1.82) is 0 Å². The summed E-state index contributed by atoms with van der Waals surface area (Å²) >= 11 is 0. The number of hydrogen-bond donors (Lipinski definition) is 1. The molecule has 2 saturated carbocycles. The number of nitrogens with one attached hydrogen (secondary N) is 1. The Morgan fingerprint density at radius 1 is 0.963 bits per heavy atom. The summed E-state index contributed by atoms with van der Waals surface area (Å²) in [6, 6.07) is 0.499. The molecular weight excluding hydrogens is 338 g/mol. The number of likely N-dealkylation sites (tertiary alicyclic amines) is 1. The minimum absolute atomic E-state index is 0.310. The van der Waals surface area contributed by atoms with Gasteiger partial charge in [0.15, 0.2) is 0 Å². The highest BCUT2D eigenvalue weighted by Gasteiger charge is 2.38. The Balaban J connectivity index is 1.34. The van der Waals surface area contributed by atoms with Gasteiger partial charge in [-0.05, 0) is 44.4 Å². The highest BCUT2D eigenvalue weighted by atomic mass is 16.5. The zero-order valence-electron chi connectivity index (χ0n) is 17.1. The van der Waals surface area contributed by atoms with E-state index in [1.165, 1.54) is 51.4 Å². The van der Waals surface area contributed by atoms with Crippen LogP contribution in [0.1, 0.15) is 70.6 Å². The molecule has 4 rings (SSSR count). The first kappa shape index (κ1) is 19.7. The molecule has 4 fully saturated rings. The molecule has 0 radical (unpaired) electrons. The summed E-state index contributed by atoms with van der Waals surface area (Å²) in [5.74, 6) is 1.19. The van der Waals surface area contributed by atoms with Crippen LogP contribution in [0, 0.1) is 5.92 Å². The first-order valence-electron chi connectivity index (χ1n) is 11.6. The summed E-state index contributed by atoms with van der Waals surface area (Å²) < 4.78 is 5.63. The van der Waals surface area contributed by atoms with E-state index >= 15 is 0 Å². The van der Waals surface area contributed by atoms with Gasteiger partial charge in [0, 0.05) is 50.7 Å². The van der Waals surface area contributed by atoms with Crippen LogP contribution in [0.15, 0.2) is 0 Å². The summed E-state index contributed by atoms with van der Waals surface area (Å²) in [5, 5.41) is 3.95. The predicted molar refractivity (Wildman–Crippen MR) is 108 cm³/mol.